The molecule has 0 aromatic heterocycles. The Bertz CT molecular complexity index is 524. The molecule has 1 aliphatic rings. The highest BCUT2D eigenvalue weighted by molar-refractivity contribution is 5.90. The summed E-state index contributed by atoms with van der Waals surface area (Å²) in [6.45, 7) is 5.82. The van der Waals surface area contributed by atoms with Crippen LogP contribution in [0.3, 0.4) is 0 Å². The molecule has 2 rings (SSSR count). The lowest BCUT2D eigenvalue weighted by molar-refractivity contribution is -0.141. The Morgan fingerprint density at radius 3 is 2.61 bits per heavy atom. The van der Waals surface area contributed by atoms with E-state index >= 15 is 0 Å². The molecular weight excluding hydrogens is 230 g/mol. The van der Waals surface area contributed by atoms with Gasteiger partial charge in [0.1, 0.15) is 6.04 Å². The van der Waals surface area contributed by atoms with E-state index in [1.165, 1.54) is 0 Å². The number of hydrogen-bond acceptors (Lipinski definition) is 2. The second-order valence-electron chi connectivity index (χ2n) is 5.23. The molecule has 18 heavy (non-hydrogen) atoms. The summed E-state index contributed by atoms with van der Waals surface area (Å²) in [7, 11) is 0. The molecule has 1 fully saturated rings. The van der Waals surface area contributed by atoms with E-state index in [0.717, 1.165) is 16.7 Å². The molecule has 1 aromatic rings. The molecule has 0 bridgehead atoms. The normalized spacial score (nSPS) is 27.1. The van der Waals surface area contributed by atoms with Crippen molar-refractivity contribution in [1.29, 1.82) is 0 Å². The van der Waals surface area contributed by atoms with Crippen LogP contribution in [0, 0.1) is 13.8 Å². The van der Waals surface area contributed by atoms with Crippen LogP contribution in [0.1, 0.15) is 30.0 Å². The van der Waals surface area contributed by atoms with E-state index in [1.807, 2.05) is 39.0 Å². The molecule has 1 aromatic carbocycles. The topological polar surface area (TPSA) is 66.4 Å². The van der Waals surface area contributed by atoms with Gasteiger partial charge in [-0.25, -0.2) is 4.79 Å². The summed E-state index contributed by atoms with van der Waals surface area (Å²) in [5, 5.41) is 11.8. The van der Waals surface area contributed by atoms with Crippen molar-refractivity contribution < 1.29 is 14.7 Å². The van der Waals surface area contributed by atoms with Crippen molar-refractivity contribution in [3.05, 3.63) is 34.9 Å². The maximum Gasteiger partial charge on any atom is 0.327 e. The van der Waals surface area contributed by atoms with Gasteiger partial charge in [0.05, 0.1) is 0 Å². The highest BCUT2D eigenvalue weighted by Gasteiger charge is 2.48. The lowest BCUT2D eigenvalue weighted by atomic mass is 9.75. The summed E-state index contributed by atoms with van der Waals surface area (Å²) in [5.74, 6) is -1.19. The predicted octanol–water partition coefficient (Wildman–Crippen LogP) is 1.53. The van der Waals surface area contributed by atoms with Gasteiger partial charge in [0.15, 0.2) is 0 Å². The maximum absolute atomic E-state index is 11.5. The van der Waals surface area contributed by atoms with Gasteiger partial charge in [0.25, 0.3) is 0 Å². The highest BCUT2D eigenvalue weighted by Crippen LogP contribution is 2.36. The van der Waals surface area contributed by atoms with E-state index in [-0.39, 0.29) is 12.3 Å². The van der Waals surface area contributed by atoms with E-state index in [4.69, 9.17) is 0 Å². The van der Waals surface area contributed by atoms with Gasteiger partial charge in [0.2, 0.25) is 5.91 Å². The number of aryl methyl sites for hydroxylation is 2. The molecule has 1 saturated heterocycles. The number of carbonyl (C=O) groups excluding carboxylic acids is 1. The molecule has 4 nitrogen and oxygen atoms in total. The van der Waals surface area contributed by atoms with Crippen LogP contribution in [0.5, 0.6) is 0 Å². The SMILES string of the molecule is Cc1ccc(C2(C)CC(=O)NC2C(=O)O)cc1C. The number of hydrogen-bond donors (Lipinski definition) is 2. The lowest BCUT2D eigenvalue weighted by Gasteiger charge is -2.28. The molecule has 1 heterocycles. The maximum atomic E-state index is 11.5. The summed E-state index contributed by atoms with van der Waals surface area (Å²) in [4.78, 5) is 22.8. The van der Waals surface area contributed by atoms with Crippen LogP contribution in [-0.4, -0.2) is 23.0 Å². The van der Waals surface area contributed by atoms with E-state index < -0.39 is 17.4 Å². The van der Waals surface area contributed by atoms with Crippen LogP contribution in [0.25, 0.3) is 0 Å². The first-order valence-corrected chi connectivity index (χ1v) is 5.94. The molecule has 1 amide bonds. The molecule has 2 unspecified atom stereocenters. The Morgan fingerprint density at radius 1 is 1.39 bits per heavy atom. The third-order valence-corrected chi connectivity index (χ3v) is 3.88. The minimum absolute atomic E-state index is 0.205. The lowest BCUT2D eigenvalue weighted by Crippen LogP contribution is -2.44. The smallest absolute Gasteiger partial charge is 0.327 e. The Balaban J connectivity index is 2.48. The van der Waals surface area contributed by atoms with Gasteiger partial charge in [-0.1, -0.05) is 25.1 Å². The Hall–Kier alpha value is -1.84. The summed E-state index contributed by atoms with van der Waals surface area (Å²) >= 11 is 0. The van der Waals surface area contributed by atoms with Crippen LogP contribution in [0.4, 0.5) is 0 Å². The van der Waals surface area contributed by atoms with Gasteiger partial charge in [-0.3, -0.25) is 4.79 Å². The van der Waals surface area contributed by atoms with Gasteiger partial charge in [0, 0.05) is 11.8 Å². The number of benzene rings is 1. The first-order valence-electron chi connectivity index (χ1n) is 5.94. The summed E-state index contributed by atoms with van der Waals surface area (Å²) in [6, 6.07) is 5.01. The zero-order valence-electron chi connectivity index (χ0n) is 10.8. The summed E-state index contributed by atoms with van der Waals surface area (Å²) in [6.07, 6.45) is 0.215. The van der Waals surface area contributed by atoms with Crippen molar-refractivity contribution in [3.63, 3.8) is 0 Å². The van der Waals surface area contributed by atoms with E-state index in [9.17, 15) is 14.7 Å². The van der Waals surface area contributed by atoms with Gasteiger partial charge < -0.3 is 10.4 Å². The number of nitrogens with one attached hydrogen (secondary N) is 1. The molecule has 0 spiro atoms. The summed E-state index contributed by atoms with van der Waals surface area (Å²) < 4.78 is 0. The van der Waals surface area contributed by atoms with Crippen LogP contribution in [0.2, 0.25) is 0 Å². The fraction of sp³-hybridized carbons (Fsp3) is 0.429. The Labute approximate surface area is 106 Å². The molecule has 4 heteroatoms. The summed E-state index contributed by atoms with van der Waals surface area (Å²) in [5.41, 5.74) is 2.49. The monoisotopic (exact) mass is 247 g/mol. The highest BCUT2D eigenvalue weighted by atomic mass is 16.4. The van der Waals surface area contributed by atoms with Crippen LogP contribution >= 0.6 is 0 Å². The van der Waals surface area contributed by atoms with E-state index in [0.29, 0.717) is 0 Å². The van der Waals surface area contributed by atoms with Crippen molar-refractivity contribution >= 4 is 11.9 Å². The minimum Gasteiger partial charge on any atom is -0.480 e. The predicted molar refractivity (Wildman–Crippen MR) is 67.5 cm³/mol. The molecule has 2 atom stereocenters. The van der Waals surface area contributed by atoms with Crippen molar-refractivity contribution in [2.45, 2.75) is 38.6 Å². The molecule has 96 valence electrons. The number of carbonyl (C=O) groups is 2. The van der Waals surface area contributed by atoms with E-state index in [2.05, 4.69) is 5.32 Å². The number of rotatable bonds is 2. The fourth-order valence-corrected chi connectivity index (χ4v) is 2.51. The van der Waals surface area contributed by atoms with Gasteiger partial charge >= 0.3 is 5.97 Å². The average molecular weight is 247 g/mol. The first kappa shape index (κ1) is 12.6. The van der Waals surface area contributed by atoms with Crippen molar-refractivity contribution in [1.82, 2.24) is 5.32 Å². The van der Waals surface area contributed by atoms with Gasteiger partial charge in [-0.2, -0.15) is 0 Å². The zero-order valence-corrected chi connectivity index (χ0v) is 10.8. The average Bonchev–Trinajstić information content (AvgIpc) is 2.59. The van der Waals surface area contributed by atoms with E-state index in [1.54, 1.807) is 0 Å². The van der Waals surface area contributed by atoms with Crippen LogP contribution < -0.4 is 5.32 Å². The number of carboxylic acids is 1. The second kappa shape index (κ2) is 4.12. The fourth-order valence-electron chi connectivity index (χ4n) is 2.51. The minimum atomic E-state index is -0.985. The number of carboxylic acid groups (broad SMARTS) is 1. The first-order chi connectivity index (χ1) is 8.34. The van der Waals surface area contributed by atoms with Gasteiger partial charge in [-0.05, 0) is 30.5 Å². The van der Waals surface area contributed by atoms with Crippen molar-refractivity contribution in [2.75, 3.05) is 0 Å². The molecule has 0 radical (unpaired) electrons. The number of aliphatic carboxylic acids is 1. The van der Waals surface area contributed by atoms with Gasteiger partial charge in [-0.15, -0.1) is 0 Å². The zero-order chi connectivity index (χ0) is 13.5. The second-order valence-corrected chi connectivity index (χ2v) is 5.23. The van der Waals surface area contributed by atoms with Crippen LogP contribution in [0.15, 0.2) is 18.2 Å². The van der Waals surface area contributed by atoms with Crippen LogP contribution in [-0.2, 0) is 15.0 Å². The Kier molecular flexibility index (Phi) is 2.89. The number of amides is 1. The van der Waals surface area contributed by atoms with Crippen molar-refractivity contribution in [3.8, 4) is 0 Å². The van der Waals surface area contributed by atoms with Crippen molar-refractivity contribution in [2.24, 2.45) is 0 Å². The molecular formula is C14H17NO3. The molecule has 1 aliphatic heterocycles. The quantitative estimate of drug-likeness (QED) is 0.833. The Morgan fingerprint density at radius 2 is 2.06 bits per heavy atom. The molecule has 0 aliphatic carbocycles. The molecule has 2 N–H and O–H groups in total. The standard InChI is InChI=1S/C14H17NO3/c1-8-4-5-10(6-9(8)2)14(3)7-11(16)15-12(14)13(17)18/h4-6,12H,7H2,1-3H3,(H,15,16)(H,17,18). The third kappa shape index (κ3) is 1.88. The molecule has 0 saturated carbocycles. The largest absolute Gasteiger partial charge is 0.480 e. The third-order valence-electron chi connectivity index (χ3n) is 3.88.